The molecule has 106 valence electrons. The number of nitro groups is 1. The number of nitrogens with one attached hydrogen (secondary N) is 1. The first kappa shape index (κ1) is 14.4. The number of non-ortho nitro benzene ring substituents is 1. The molecular formula is C15H19N3O2. The van der Waals surface area contributed by atoms with Crippen LogP contribution < -0.4 is 5.32 Å². The topological polar surface area (TPSA) is 68.1 Å². The number of rotatable bonds is 6. The lowest BCUT2D eigenvalue weighted by Crippen LogP contribution is -2.28. The average Bonchev–Trinajstić information content (AvgIpc) is 2.45. The van der Waals surface area contributed by atoms with Crippen molar-refractivity contribution in [1.82, 2.24) is 10.3 Å². The second-order valence-electron chi connectivity index (χ2n) is 4.98. The molecule has 0 fully saturated rings. The van der Waals surface area contributed by atoms with Gasteiger partial charge in [0.15, 0.2) is 0 Å². The van der Waals surface area contributed by atoms with Gasteiger partial charge in [0, 0.05) is 24.5 Å². The normalized spacial score (nSPS) is 12.5. The van der Waals surface area contributed by atoms with E-state index in [2.05, 4.69) is 24.1 Å². The molecule has 1 heterocycles. The Morgan fingerprint density at radius 3 is 2.85 bits per heavy atom. The smallest absolute Gasteiger partial charge is 0.278 e. The van der Waals surface area contributed by atoms with Crippen molar-refractivity contribution in [2.24, 2.45) is 0 Å². The molecule has 0 aliphatic rings. The van der Waals surface area contributed by atoms with E-state index in [1.807, 2.05) is 12.1 Å². The highest BCUT2D eigenvalue weighted by Crippen LogP contribution is 2.28. The largest absolute Gasteiger partial charge is 0.314 e. The van der Waals surface area contributed by atoms with E-state index in [9.17, 15) is 10.1 Å². The molecule has 2 aromatic rings. The predicted octanol–water partition coefficient (Wildman–Crippen LogP) is 3.07. The maximum atomic E-state index is 11.1. The summed E-state index contributed by atoms with van der Waals surface area (Å²) >= 11 is 0. The molecule has 5 heteroatoms. The van der Waals surface area contributed by atoms with Crippen LogP contribution in [0.25, 0.3) is 10.8 Å². The van der Waals surface area contributed by atoms with Gasteiger partial charge >= 0.3 is 0 Å². The highest BCUT2D eigenvalue weighted by atomic mass is 16.6. The molecule has 0 aliphatic heterocycles. The van der Waals surface area contributed by atoms with Crippen LogP contribution in [0, 0.1) is 10.1 Å². The van der Waals surface area contributed by atoms with Gasteiger partial charge in [-0.05, 0) is 43.3 Å². The van der Waals surface area contributed by atoms with Crippen LogP contribution in [-0.4, -0.2) is 22.5 Å². The number of benzene rings is 1. The fourth-order valence-corrected chi connectivity index (χ4v) is 2.37. The molecule has 1 N–H and O–H groups in total. The van der Waals surface area contributed by atoms with Crippen molar-refractivity contribution in [1.29, 1.82) is 0 Å². The minimum Gasteiger partial charge on any atom is -0.314 e. The minimum absolute atomic E-state index is 0.117. The summed E-state index contributed by atoms with van der Waals surface area (Å²) in [6, 6.07) is 5.62. The highest BCUT2D eigenvalue weighted by molar-refractivity contribution is 5.92. The molecule has 1 aromatic heterocycles. The third kappa shape index (κ3) is 3.11. The predicted molar refractivity (Wildman–Crippen MR) is 79.9 cm³/mol. The maximum Gasteiger partial charge on any atom is 0.278 e. The van der Waals surface area contributed by atoms with Crippen LogP contribution in [0.3, 0.4) is 0 Å². The van der Waals surface area contributed by atoms with Gasteiger partial charge in [0.2, 0.25) is 0 Å². The zero-order chi connectivity index (χ0) is 14.5. The van der Waals surface area contributed by atoms with E-state index < -0.39 is 0 Å². The van der Waals surface area contributed by atoms with Gasteiger partial charge in [0.1, 0.15) is 0 Å². The molecule has 2 rings (SSSR count). The van der Waals surface area contributed by atoms with E-state index >= 15 is 0 Å². The summed E-state index contributed by atoms with van der Waals surface area (Å²) in [5.41, 5.74) is 1.23. The van der Waals surface area contributed by atoms with Crippen molar-refractivity contribution in [3.05, 3.63) is 46.3 Å². The molecule has 0 amide bonds. The van der Waals surface area contributed by atoms with Gasteiger partial charge in [-0.2, -0.15) is 0 Å². The van der Waals surface area contributed by atoms with E-state index in [0.717, 1.165) is 30.3 Å². The number of hydrogen-bond donors (Lipinski definition) is 1. The van der Waals surface area contributed by atoms with Crippen LogP contribution in [-0.2, 0) is 6.42 Å². The van der Waals surface area contributed by atoms with Crippen LogP contribution in [0.1, 0.15) is 25.8 Å². The summed E-state index contributed by atoms with van der Waals surface area (Å²) in [4.78, 5) is 14.7. The van der Waals surface area contributed by atoms with Gasteiger partial charge in [-0.3, -0.25) is 15.1 Å². The third-order valence-corrected chi connectivity index (χ3v) is 3.35. The zero-order valence-corrected chi connectivity index (χ0v) is 11.8. The molecule has 1 atom stereocenters. The molecule has 0 saturated carbocycles. The van der Waals surface area contributed by atoms with Crippen molar-refractivity contribution >= 4 is 16.5 Å². The standard InChI is InChI=1S/C15H19N3O2/c1-3-7-17-11(2)9-12-4-5-15(18(19)20)14-10-16-8-6-13(12)14/h4-6,8,10-11,17H,3,7,9H2,1-2H3. The lowest BCUT2D eigenvalue weighted by Gasteiger charge is -2.14. The van der Waals surface area contributed by atoms with Gasteiger partial charge in [-0.1, -0.05) is 13.0 Å². The van der Waals surface area contributed by atoms with Crippen molar-refractivity contribution in [2.75, 3.05) is 6.54 Å². The Hall–Kier alpha value is -2.01. The number of fused-ring (bicyclic) bond motifs is 1. The summed E-state index contributed by atoms with van der Waals surface area (Å²) in [6.07, 6.45) is 5.19. The fraction of sp³-hybridized carbons (Fsp3) is 0.400. The Bertz CT molecular complexity index is 613. The first-order valence-electron chi connectivity index (χ1n) is 6.87. The SMILES string of the molecule is CCCNC(C)Cc1ccc([N+](=O)[O-])c2cnccc12. The number of nitro benzene ring substituents is 1. The van der Waals surface area contributed by atoms with Crippen LogP contribution >= 0.6 is 0 Å². The summed E-state index contributed by atoms with van der Waals surface area (Å²) in [5.74, 6) is 0. The van der Waals surface area contributed by atoms with Crippen LogP contribution in [0.4, 0.5) is 5.69 Å². The molecule has 5 nitrogen and oxygen atoms in total. The van der Waals surface area contributed by atoms with Crippen molar-refractivity contribution < 1.29 is 4.92 Å². The van der Waals surface area contributed by atoms with Gasteiger partial charge in [0.05, 0.1) is 10.3 Å². The second-order valence-corrected chi connectivity index (χ2v) is 4.98. The van der Waals surface area contributed by atoms with Gasteiger partial charge in [-0.25, -0.2) is 0 Å². The lowest BCUT2D eigenvalue weighted by atomic mass is 9.99. The van der Waals surface area contributed by atoms with Crippen molar-refractivity contribution in [3.63, 3.8) is 0 Å². The Kier molecular flexibility index (Phi) is 4.63. The minimum atomic E-state index is -0.355. The Morgan fingerprint density at radius 2 is 2.15 bits per heavy atom. The number of aromatic nitrogens is 1. The molecule has 0 spiro atoms. The summed E-state index contributed by atoms with van der Waals surface area (Å²) in [6.45, 7) is 5.24. The molecular weight excluding hydrogens is 254 g/mol. The molecule has 1 aromatic carbocycles. The van der Waals surface area contributed by atoms with E-state index in [4.69, 9.17) is 0 Å². The van der Waals surface area contributed by atoms with Crippen molar-refractivity contribution in [2.45, 2.75) is 32.7 Å². The monoisotopic (exact) mass is 273 g/mol. The van der Waals surface area contributed by atoms with Gasteiger partial charge in [-0.15, -0.1) is 0 Å². The number of hydrogen-bond acceptors (Lipinski definition) is 4. The molecule has 20 heavy (non-hydrogen) atoms. The Labute approximate surface area is 118 Å². The summed E-state index contributed by atoms with van der Waals surface area (Å²) < 4.78 is 0. The summed E-state index contributed by atoms with van der Waals surface area (Å²) in [7, 11) is 0. The number of nitrogens with zero attached hydrogens (tertiary/aromatic N) is 2. The highest BCUT2D eigenvalue weighted by Gasteiger charge is 2.15. The quantitative estimate of drug-likeness (QED) is 0.648. The van der Waals surface area contributed by atoms with Crippen molar-refractivity contribution in [3.8, 4) is 0 Å². The molecule has 0 bridgehead atoms. The average molecular weight is 273 g/mol. The van der Waals surface area contributed by atoms with Gasteiger partial charge in [0.25, 0.3) is 5.69 Å². The van der Waals surface area contributed by atoms with E-state index in [1.54, 1.807) is 18.5 Å². The Morgan fingerprint density at radius 1 is 1.35 bits per heavy atom. The number of pyridine rings is 1. The van der Waals surface area contributed by atoms with Crippen LogP contribution in [0.2, 0.25) is 0 Å². The van der Waals surface area contributed by atoms with E-state index in [-0.39, 0.29) is 10.6 Å². The first-order chi connectivity index (χ1) is 9.63. The first-order valence-corrected chi connectivity index (χ1v) is 6.87. The third-order valence-electron chi connectivity index (χ3n) is 3.35. The van der Waals surface area contributed by atoms with E-state index in [0.29, 0.717) is 11.4 Å². The van der Waals surface area contributed by atoms with E-state index in [1.165, 1.54) is 0 Å². The molecule has 0 aliphatic carbocycles. The van der Waals surface area contributed by atoms with Gasteiger partial charge < -0.3 is 5.32 Å². The molecule has 1 unspecified atom stereocenters. The second kappa shape index (κ2) is 6.43. The molecule has 0 radical (unpaired) electrons. The zero-order valence-electron chi connectivity index (χ0n) is 11.8. The molecule has 0 saturated heterocycles. The summed E-state index contributed by atoms with van der Waals surface area (Å²) in [5, 5.41) is 16.0. The van der Waals surface area contributed by atoms with Crippen LogP contribution in [0.15, 0.2) is 30.6 Å². The lowest BCUT2D eigenvalue weighted by molar-refractivity contribution is -0.383. The Balaban J connectivity index is 2.35. The maximum absolute atomic E-state index is 11.1. The van der Waals surface area contributed by atoms with Crippen LogP contribution in [0.5, 0.6) is 0 Å². The fourth-order valence-electron chi connectivity index (χ4n) is 2.37.